The number of benzene rings is 2. The number of halogens is 3. The molecule has 2 atom stereocenters. The number of aryl methyl sites for hydroxylation is 2. The molecule has 0 radical (unpaired) electrons. The van der Waals surface area contributed by atoms with Crippen LogP contribution in [0, 0.1) is 11.8 Å². The van der Waals surface area contributed by atoms with Crippen LogP contribution in [-0.4, -0.2) is 94.3 Å². The molecule has 0 saturated heterocycles. The van der Waals surface area contributed by atoms with Gasteiger partial charge in [0.25, 0.3) is 0 Å². The van der Waals surface area contributed by atoms with Gasteiger partial charge in [-0.2, -0.15) is 0 Å². The highest BCUT2D eigenvalue weighted by molar-refractivity contribution is 7.99. The molecule has 2 aromatic carbocycles. The van der Waals surface area contributed by atoms with Crippen LogP contribution in [0.2, 0.25) is 0 Å². The summed E-state index contributed by atoms with van der Waals surface area (Å²) >= 11 is 5.08. The van der Waals surface area contributed by atoms with Gasteiger partial charge < -0.3 is 25.2 Å². The average Bonchev–Trinajstić information content (AvgIpc) is 4.09. The fourth-order valence-electron chi connectivity index (χ4n) is 8.83. The van der Waals surface area contributed by atoms with Gasteiger partial charge in [0.15, 0.2) is 5.75 Å². The molecule has 0 fully saturated rings. The number of thioether (sulfide) groups is 1. The third-order valence-corrected chi connectivity index (χ3v) is 15.5. The van der Waals surface area contributed by atoms with E-state index in [9.17, 15) is 22.8 Å². The Hall–Kier alpha value is -5.66. The summed E-state index contributed by atoms with van der Waals surface area (Å²) in [7, 11) is 7.17. The molecular weight excluding hydrogens is 894 g/mol. The molecule has 10 rings (SSSR count). The topological polar surface area (TPSA) is 150 Å². The number of hydrogen-bond acceptors (Lipinski definition) is 14. The van der Waals surface area contributed by atoms with Crippen LogP contribution in [0.4, 0.5) is 36.2 Å². The number of ether oxygens (including phenoxy) is 1. The van der Waals surface area contributed by atoms with Crippen molar-refractivity contribution in [2.75, 3.05) is 44.6 Å². The van der Waals surface area contributed by atoms with E-state index in [0.717, 1.165) is 85.9 Å². The smallest absolute Gasteiger partial charge is 0.404 e. The minimum Gasteiger partial charge on any atom is -0.404 e. The van der Waals surface area contributed by atoms with Gasteiger partial charge in [-0.1, -0.05) is 6.92 Å². The van der Waals surface area contributed by atoms with Gasteiger partial charge in [0.1, 0.15) is 34.0 Å². The van der Waals surface area contributed by atoms with Crippen molar-refractivity contribution in [3.8, 4) is 5.75 Å². The monoisotopic (exact) mass is 940 g/mol. The molecule has 19 heteroatoms. The lowest BCUT2D eigenvalue weighted by Gasteiger charge is -2.24. The first kappa shape index (κ1) is 44.5. The molecule has 6 aromatic rings. The van der Waals surface area contributed by atoms with Crippen molar-refractivity contribution in [2.45, 2.75) is 76.2 Å². The van der Waals surface area contributed by atoms with Crippen molar-refractivity contribution in [3.05, 3.63) is 80.1 Å². The normalized spacial score (nSPS) is 16.9. The fourth-order valence-corrected chi connectivity index (χ4v) is 12.3. The van der Waals surface area contributed by atoms with Crippen LogP contribution in [0.25, 0.3) is 20.4 Å². The number of carbonyl (C=O) groups is 2. The number of anilines is 4. The molecule has 2 amide bonds. The summed E-state index contributed by atoms with van der Waals surface area (Å²) in [5.74, 6) is 2.29. The van der Waals surface area contributed by atoms with Crippen LogP contribution in [-0.2, 0) is 48.4 Å². The molecule has 2 aliphatic heterocycles. The van der Waals surface area contributed by atoms with E-state index >= 15 is 0 Å². The van der Waals surface area contributed by atoms with E-state index < -0.39 is 6.36 Å². The number of amides is 2. The number of thiophene rings is 2. The van der Waals surface area contributed by atoms with Crippen molar-refractivity contribution in [3.63, 3.8) is 0 Å². The second-order valence-corrected chi connectivity index (χ2v) is 20.1. The van der Waals surface area contributed by atoms with Gasteiger partial charge in [-0.15, -0.1) is 47.6 Å². The first-order chi connectivity index (χ1) is 31.2. The molecule has 338 valence electrons. The molecule has 65 heavy (non-hydrogen) atoms. The van der Waals surface area contributed by atoms with Crippen LogP contribution in [0.1, 0.15) is 69.3 Å². The van der Waals surface area contributed by atoms with Crippen LogP contribution in [0.3, 0.4) is 0 Å². The van der Waals surface area contributed by atoms with E-state index in [0.29, 0.717) is 37.2 Å². The zero-order valence-corrected chi connectivity index (χ0v) is 39.0. The molecule has 0 bridgehead atoms. The fraction of sp³-hybridized carbons (Fsp3) is 0.391. The summed E-state index contributed by atoms with van der Waals surface area (Å²) in [4.78, 5) is 60.1. The SMILES string of the molecule is CCCSc1cc2c(cc1Nc1ncnc3sc4c(c13)CC[C@H](C(=O)N(C)C)C4)C=NC2.CN(C)C(=O)[C@H]1CCc2c(sc3ncnc(Nc4cc5c(cc4OC(F)(F)F)CN=C5)c23)C1. The lowest BCUT2D eigenvalue weighted by atomic mass is 9.87. The van der Waals surface area contributed by atoms with E-state index in [-0.39, 0.29) is 35.1 Å². The Balaban J connectivity index is 0.000000164. The van der Waals surface area contributed by atoms with E-state index in [1.54, 1.807) is 53.8 Å². The van der Waals surface area contributed by atoms with Gasteiger partial charge in [-0.05, 0) is 108 Å². The Bertz CT molecular complexity index is 2890. The molecule has 6 heterocycles. The first-order valence-electron chi connectivity index (χ1n) is 21.4. The Morgan fingerprint density at radius 1 is 0.754 bits per heavy atom. The van der Waals surface area contributed by atoms with Gasteiger partial charge in [0.05, 0.1) is 35.2 Å². The number of hydrogen-bond donors (Lipinski definition) is 2. The van der Waals surface area contributed by atoms with Gasteiger partial charge in [-0.3, -0.25) is 19.6 Å². The Morgan fingerprint density at radius 3 is 1.77 bits per heavy atom. The van der Waals surface area contributed by atoms with E-state index in [1.165, 1.54) is 50.2 Å². The highest BCUT2D eigenvalue weighted by Crippen LogP contribution is 2.44. The zero-order chi connectivity index (χ0) is 45.6. The Morgan fingerprint density at radius 2 is 1.26 bits per heavy atom. The van der Waals surface area contributed by atoms with E-state index in [1.807, 2.05) is 32.1 Å². The summed E-state index contributed by atoms with van der Waals surface area (Å²) < 4.78 is 43.5. The number of aromatic nitrogens is 4. The van der Waals surface area contributed by atoms with Crippen molar-refractivity contribution in [1.29, 1.82) is 0 Å². The zero-order valence-electron chi connectivity index (χ0n) is 36.5. The number of nitrogens with one attached hydrogen (secondary N) is 2. The maximum absolute atomic E-state index is 13.1. The summed E-state index contributed by atoms with van der Waals surface area (Å²) in [6.45, 7) is 3.28. The van der Waals surface area contributed by atoms with Crippen molar-refractivity contribution in [1.82, 2.24) is 29.7 Å². The van der Waals surface area contributed by atoms with Crippen molar-refractivity contribution >= 4 is 102 Å². The standard InChI is InChI=1S/C24H27N5OS2.C22H20F3N5O2S/c1-4-7-31-20-10-16-12-25-11-15(16)8-18(20)28-22-21-17-6-5-14(24(30)29(2)3)9-19(17)32-23(21)27-13-26-22;1-30(2)21(31)11-3-4-14-17(7-11)33-20-18(14)19(27-10-28-20)29-15-5-12-8-26-9-13(12)6-16(15)32-22(23,24)25/h8,10-11,13-14H,4-7,9,12H2,1-3H3,(H,26,27,28);5-6,8,10-11H,3-4,7,9H2,1-2H3,(H,27,28,29)/t14-;11-/m00/s1. The minimum absolute atomic E-state index is 0.0583. The van der Waals surface area contributed by atoms with Crippen molar-refractivity contribution in [2.24, 2.45) is 21.8 Å². The number of carbonyl (C=O) groups excluding carboxylic acids is 2. The quantitative estimate of drug-likeness (QED) is 0.127. The van der Waals surface area contributed by atoms with Gasteiger partial charge in [-0.25, -0.2) is 19.9 Å². The molecule has 0 saturated carbocycles. The largest absolute Gasteiger partial charge is 0.573 e. The predicted octanol–water partition coefficient (Wildman–Crippen LogP) is 9.52. The summed E-state index contributed by atoms with van der Waals surface area (Å²) in [5.41, 5.74) is 7.43. The van der Waals surface area contributed by atoms with Gasteiger partial charge >= 0.3 is 6.36 Å². The maximum Gasteiger partial charge on any atom is 0.573 e. The van der Waals surface area contributed by atoms with Crippen molar-refractivity contribution < 1.29 is 27.5 Å². The molecule has 0 spiro atoms. The molecular formula is C46H47F3N10O3S3. The third-order valence-electron chi connectivity index (χ3n) is 11.9. The number of alkyl halides is 3. The van der Waals surface area contributed by atoms with Crippen LogP contribution < -0.4 is 15.4 Å². The predicted molar refractivity (Wildman–Crippen MR) is 253 cm³/mol. The van der Waals surface area contributed by atoms with Crippen LogP contribution in [0.5, 0.6) is 5.75 Å². The highest BCUT2D eigenvalue weighted by Gasteiger charge is 2.34. The number of aliphatic imine (C=N–C) groups is 2. The summed E-state index contributed by atoms with van der Waals surface area (Å²) in [6, 6.07) is 7.41. The molecule has 2 aliphatic carbocycles. The highest BCUT2D eigenvalue weighted by atomic mass is 32.2. The van der Waals surface area contributed by atoms with Crippen LogP contribution in [0.15, 0.2) is 51.8 Å². The third kappa shape index (κ3) is 9.27. The number of nitrogens with zero attached hydrogens (tertiary/aromatic N) is 8. The van der Waals surface area contributed by atoms with Gasteiger partial charge in [0.2, 0.25) is 11.8 Å². The first-order valence-corrected chi connectivity index (χ1v) is 24.0. The van der Waals surface area contributed by atoms with E-state index in [2.05, 4.69) is 64.3 Å². The number of rotatable bonds is 10. The molecule has 4 aromatic heterocycles. The average molecular weight is 941 g/mol. The second-order valence-electron chi connectivity index (χ2n) is 16.8. The lowest BCUT2D eigenvalue weighted by molar-refractivity contribution is -0.274. The summed E-state index contributed by atoms with van der Waals surface area (Å²) in [5, 5.41) is 8.58. The molecule has 13 nitrogen and oxygen atoms in total. The Kier molecular flexibility index (Phi) is 12.5. The minimum atomic E-state index is -4.83. The van der Waals surface area contributed by atoms with Crippen LogP contribution >= 0.6 is 34.4 Å². The summed E-state index contributed by atoms with van der Waals surface area (Å²) in [6.07, 6.45) is 7.43. The number of fused-ring (bicyclic) bond motifs is 8. The Labute approximate surface area is 386 Å². The molecule has 0 unspecified atom stereocenters. The van der Waals surface area contributed by atoms with Gasteiger partial charge in [0, 0.05) is 67.1 Å². The molecule has 4 aliphatic rings. The second kappa shape index (κ2) is 18.3. The molecule has 2 N–H and O–H groups in total. The lowest BCUT2D eigenvalue weighted by Crippen LogP contribution is -2.32. The van der Waals surface area contributed by atoms with E-state index in [4.69, 9.17) is 0 Å². The maximum atomic E-state index is 13.1.